The largest absolute Gasteiger partial charge is 0.495 e. The first-order chi connectivity index (χ1) is 16.7. The molecule has 3 aromatic carbocycles. The van der Waals surface area contributed by atoms with Crippen molar-refractivity contribution in [2.24, 2.45) is 4.99 Å². The average Bonchev–Trinajstić information content (AvgIpc) is 3.21. The molecule has 0 aromatic heterocycles. The van der Waals surface area contributed by atoms with Gasteiger partial charge in [0.2, 0.25) is 5.96 Å². The molecule has 0 aliphatic carbocycles. The average molecular weight is 455 g/mol. The van der Waals surface area contributed by atoms with E-state index >= 15 is 0 Å². The Labute approximate surface area is 201 Å². The van der Waals surface area contributed by atoms with E-state index in [2.05, 4.69) is 52.3 Å². The molecule has 0 spiro atoms. The zero-order valence-electron chi connectivity index (χ0n) is 19.5. The molecule has 1 atom stereocenters. The summed E-state index contributed by atoms with van der Waals surface area (Å²) in [5.41, 5.74) is 3.18. The SMILES string of the molecule is COc1ccccc1N1C(=O)C(Cc2ccccc2)N=C1N1CCN(Cc2ccccc2)CC1. The summed E-state index contributed by atoms with van der Waals surface area (Å²) in [4.78, 5) is 25.1. The lowest BCUT2D eigenvalue weighted by Gasteiger charge is -2.37. The molecule has 1 saturated heterocycles. The van der Waals surface area contributed by atoms with Gasteiger partial charge in [-0.2, -0.15) is 0 Å². The molecule has 6 nitrogen and oxygen atoms in total. The Hall–Kier alpha value is -3.64. The van der Waals surface area contributed by atoms with Crippen LogP contribution in [0, 0.1) is 0 Å². The Morgan fingerprint density at radius 1 is 0.824 bits per heavy atom. The summed E-state index contributed by atoms with van der Waals surface area (Å²) in [6.45, 7) is 4.43. The van der Waals surface area contributed by atoms with Gasteiger partial charge in [0.1, 0.15) is 11.8 Å². The molecule has 174 valence electrons. The summed E-state index contributed by atoms with van der Waals surface area (Å²) in [6, 6.07) is 27.9. The molecule has 1 fully saturated rings. The Balaban J connectivity index is 1.38. The first kappa shape index (κ1) is 22.2. The van der Waals surface area contributed by atoms with Crippen LogP contribution in [-0.4, -0.2) is 61.0 Å². The van der Waals surface area contributed by atoms with E-state index in [4.69, 9.17) is 9.73 Å². The minimum Gasteiger partial charge on any atom is -0.495 e. The molecule has 6 heteroatoms. The van der Waals surface area contributed by atoms with Gasteiger partial charge in [0.05, 0.1) is 12.8 Å². The second-order valence-corrected chi connectivity index (χ2v) is 8.73. The van der Waals surface area contributed by atoms with Crippen LogP contribution in [0.3, 0.4) is 0 Å². The van der Waals surface area contributed by atoms with Gasteiger partial charge in [0, 0.05) is 39.1 Å². The summed E-state index contributed by atoms with van der Waals surface area (Å²) in [5, 5.41) is 0. The summed E-state index contributed by atoms with van der Waals surface area (Å²) in [7, 11) is 1.64. The number of hydrogen-bond acceptors (Lipinski definition) is 5. The first-order valence-corrected chi connectivity index (χ1v) is 11.8. The maximum Gasteiger partial charge on any atom is 0.259 e. The van der Waals surface area contributed by atoms with Gasteiger partial charge in [-0.25, -0.2) is 9.89 Å². The number of methoxy groups -OCH3 is 1. The van der Waals surface area contributed by atoms with E-state index in [0.29, 0.717) is 12.2 Å². The highest BCUT2D eigenvalue weighted by atomic mass is 16.5. The number of hydrogen-bond donors (Lipinski definition) is 0. The van der Waals surface area contributed by atoms with Gasteiger partial charge in [0.15, 0.2) is 0 Å². The Bertz CT molecular complexity index is 1140. The van der Waals surface area contributed by atoms with Crippen molar-refractivity contribution in [3.63, 3.8) is 0 Å². The number of carbonyl (C=O) groups excluding carboxylic acids is 1. The predicted molar refractivity (Wildman–Crippen MR) is 135 cm³/mol. The molecule has 2 heterocycles. The zero-order valence-corrected chi connectivity index (χ0v) is 19.5. The van der Waals surface area contributed by atoms with E-state index in [1.807, 2.05) is 42.5 Å². The summed E-state index contributed by atoms with van der Waals surface area (Å²) in [6.07, 6.45) is 0.586. The number of para-hydroxylation sites is 2. The van der Waals surface area contributed by atoms with Crippen molar-refractivity contribution in [2.45, 2.75) is 19.0 Å². The van der Waals surface area contributed by atoms with Gasteiger partial charge >= 0.3 is 0 Å². The lowest BCUT2D eigenvalue weighted by atomic mass is 10.1. The molecule has 1 amide bonds. The van der Waals surface area contributed by atoms with Crippen molar-refractivity contribution in [3.8, 4) is 5.75 Å². The molecular formula is C28H30N4O2. The van der Waals surface area contributed by atoms with Crippen LogP contribution in [0.2, 0.25) is 0 Å². The number of anilines is 1. The van der Waals surface area contributed by atoms with Crippen molar-refractivity contribution >= 4 is 17.6 Å². The molecule has 34 heavy (non-hydrogen) atoms. The molecule has 1 unspecified atom stereocenters. The van der Waals surface area contributed by atoms with Crippen molar-refractivity contribution < 1.29 is 9.53 Å². The van der Waals surface area contributed by atoms with Crippen LogP contribution in [0.15, 0.2) is 89.9 Å². The predicted octanol–water partition coefficient (Wildman–Crippen LogP) is 3.83. The van der Waals surface area contributed by atoms with Gasteiger partial charge in [0.25, 0.3) is 5.91 Å². The Kier molecular flexibility index (Phi) is 6.58. The van der Waals surface area contributed by atoms with Crippen LogP contribution >= 0.6 is 0 Å². The molecule has 0 bridgehead atoms. The fraction of sp³-hybridized carbons (Fsp3) is 0.286. The highest BCUT2D eigenvalue weighted by Gasteiger charge is 2.40. The normalized spacial score (nSPS) is 18.8. The van der Waals surface area contributed by atoms with Gasteiger partial charge in [-0.15, -0.1) is 0 Å². The van der Waals surface area contributed by atoms with E-state index < -0.39 is 6.04 Å². The summed E-state index contributed by atoms with van der Waals surface area (Å²) in [5.74, 6) is 1.40. The molecular weight excluding hydrogens is 424 g/mol. The molecule has 2 aliphatic rings. The molecule has 0 N–H and O–H groups in total. The second-order valence-electron chi connectivity index (χ2n) is 8.73. The van der Waals surface area contributed by atoms with Crippen LogP contribution in [0.25, 0.3) is 0 Å². The van der Waals surface area contributed by atoms with E-state index in [9.17, 15) is 4.79 Å². The summed E-state index contributed by atoms with van der Waals surface area (Å²) < 4.78 is 5.60. The monoisotopic (exact) mass is 454 g/mol. The number of amides is 1. The molecule has 2 aliphatic heterocycles. The quantitative estimate of drug-likeness (QED) is 0.568. The minimum atomic E-state index is -0.440. The Morgan fingerprint density at radius 3 is 2.12 bits per heavy atom. The van der Waals surface area contributed by atoms with Crippen LogP contribution in [0.1, 0.15) is 11.1 Å². The lowest BCUT2D eigenvalue weighted by molar-refractivity contribution is -0.118. The minimum absolute atomic E-state index is 0.00457. The maximum atomic E-state index is 13.7. The number of guanidine groups is 1. The van der Waals surface area contributed by atoms with E-state index in [1.54, 1.807) is 12.0 Å². The molecule has 5 rings (SSSR count). The van der Waals surface area contributed by atoms with Gasteiger partial charge in [-0.05, 0) is 23.3 Å². The highest BCUT2D eigenvalue weighted by Crippen LogP contribution is 2.33. The molecule has 0 radical (unpaired) electrons. The number of benzene rings is 3. The maximum absolute atomic E-state index is 13.7. The van der Waals surface area contributed by atoms with E-state index in [-0.39, 0.29) is 5.91 Å². The zero-order chi connectivity index (χ0) is 23.3. The number of rotatable bonds is 6. The molecule has 0 saturated carbocycles. The number of carbonyl (C=O) groups is 1. The van der Waals surface area contributed by atoms with Gasteiger partial charge in [-0.1, -0.05) is 72.8 Å². The van der Waals surface area contributed by atoms with Crippen molar-refractivity contribution in [1.82, 2.24) is 9.80 Å². The van der Waals surface area contributed by atoms with Crippen LogP contribution in [0.4, 0.5) is 5.69 Å². The van der Waals surface area contributed by atoms with Crippen LogP contribution < -0.4 is 9.64 Å². The topological polar surface area (TPSA) is 48.4 Å². The third kappa shape index (κ3) is 4.68. The third-order valence-corrected chi connectivity index (χ3v) is 6.48. The molecule has 3 aromatic rings. The van der Waals surface area contributed by atoms with E-state index in [0.717, 1.165) is 49.9 Å². The standard InChI is InChI=1S/C28H30N4O2/c1-34-26-15-9-8-14-25(26)32-27(33)24(20-22-10-4-2-5-11-22)29-28(32)31-18-16-30(17-19-31)21-23-12-6-3-7-13-23/h2-15,24H,16-21H2,1H3. The summed E-state index contributed by atoms with van der Waals surface area (Å²) >= 11 is 0. The van der Waals surface area contributed by atoms with Gasteiger partial charge in [-0.3, -0.25) is 9.69 Å². The van der Waals surface area contributed by atoms with Crippen molar-refractivity contribution in [1.29, 1.82) is 0 Å². The fourth-order valence-corrected chi connectivity index (χ4v) is 4.68. The highest BCUT2D eigenvalue weighted by molar-refractivity contribution is 6.22. The first-order valence-electron chi connectivity index (χ1n) is 11.8. The van der Waals surface area contributed by atoms with E-state index in [1.165, 1.54) is 5.56 Å². The van der Waals surface area contributed by atoms with Crippen LogP contribution in [0.5, 0.6) is 5.75 Å². The number of nitrogens with zero attached hydrogens (tertiary/aromatic N) is 4. The lowest BCUT2D eigenvalue weighted by Crippen LogP contribution is -2.53. The van der Waals surface area contributed by atoms with Crippen molar-refractivity contribution in [3.05, 3.63) is 96.1 Å². The number of piperazine rings is 1. The van der Waals surface area contributed by atoms with Crippen molar-refractivity contribution in [2.75, 3.05) is 38.2 Å². The number of aliphatic imine (C=N–C) groups is 1. The third-order valence-electron chi connectivity index (χ3n) is 6.48. The number of ether oxygens (including phenoxy) is 1. The smallest absolute Gasteiger partial charge is 0.259 e. The Morgan fingerprint density at radius 2 is 1.44 bits per heavy atom. The second kappa shape index (κ2) is 10.1. The van der Waals surface area contributed by atoms with Crippen LogP contribution in [-0.2, 0) is 17.8 Å². The fourth-order valence-electron chi connectivity index (χ4n) is 4.68. The van der Waals surface area contributed by atoms with Gasteiger partial charge < -0.3 is 9.64 Å².